The minimum absolute atomic E-state index is 0.133. The van der Waals surface area contributed by atoms with E-state index in [4.69, 9.17) is 27.9 Å². The van der Waals surface area contributed by atoms with Crippen LogP contribution < -0.4 is 0 Å². The van der Waals surface area contributed by atoms with Gasteiger partial charge in [-0.15, -0.1) is 0 Å². The van der Waals surface area contributed by atoms with Crippen LogP contribution >= 0.6 is 0 Å². The Morgan fingerprint density at radius 1 is 0.444 bits per heavy atom. The highest BCUT2D eigenvalue weighted by molar-refractivity contribution is 6.47. The van der Waals surface area contributed by atoms with Crippen LogP contribution in [0.25, 0.3) is 0 Å². The fraction of sp³-hybridized carbons (Fsp3) is 1.00. The van der Waals surface area contributed by atoms with Crippen molar-refractivity contribution >= 4 is 21.4 Å². The van der Waals surface area contributed by atoms with Crippen LogP contribution in [0.1, 0.15) is 59.3 Å². The van der Waals surface area contributed by atoms with Crippen molar-refractivity contribution in [3.63, 3.8) is 0 Å². The Balaban J connectivity index is 1.53. The summed E-state index contributed by atoms with van der Waals surface area (Å²) in [6.07, 6.45) is 8.44. The van der Waals surface area contributed by atoms with Crippen LogP contribution in [0, 0.1) is 0 Å². The van der Waals surface area contributed by atoms with Gasteiger partial charge in [0.15, 0.2) is 0 Å². The van der Waals surface area contributed by atoms with Crippen molar-refractivity contribution in [2.24, 2.45) is 0 Å². The fourth-order valence-electron chi connectivity index (χ4n) is 4.72. The Morgan fingerprint density at radius 2 is 0.667 bits per heavy atom. The van der Waals surface area contributed by atoms with Gasteiger partial charge in [0.25, 0.3) is 0 Å². The van der Waals surface area contributed by atoms with Crippen LogP contribution in [0.5, 0.6) is 0 Å². The normalized spacial score (nSPS) is 37.7. The van der Waals surface area contributed by atoms with Crippen molar-refractivity contribution in [3.05, 3.63) is 0 Å². The Morgan fingerprint density at radius 3 is 0.852 bits per heavy atom. The molecule has 9 heteroatoms. The number of hydrogen-bond acceptors (Lipinski definition) is 6. The monoisotopic (exact) mass is 378 g/mol. The molecule has 0 aromatic carbocycles. The molecule has 4 heterocycles. The summed E-state index contributed by atoms with van der Waals surface area (Å²) in [4.78, 5) is 0. The maximum atomic E-state index is 6.36. The van der Waals surface area contributed by atoms with Crippen LogP contribution in [0.3, 0.4) is 0 Å². The van der Waals surface area contributed by atoms with Crippen LogP contribution in [-0.2, 0) is 27.9 Å². The van der Waals surface area contributed by atoms with Gasteiger partial charge in [0.1, 0.15) is 0 Å². The van der Waals surface area contributed by atoms with Gasteiger partial charge in [0, 0.05) is 0 Å². The van der Waals surface area contributed by atoms with Gasteiger partial charge >= 0.3 is 21.4 Å². The molecule has 0 atom stereocenters. The maximum Gasteiger partial charge on any atom is 0.457 e. The molecule has 5 fully saturated rings. The summed E-state index contributed by atoms with van der Waals surface area (Å²) in [6.45, 7) is 6.56. The first kappa shape index (κ1) is 20.2. The molecule has 4 aliphatic heterocycles. The first-order valence-corrected chi connectivity index (χ1v) is 11.2. The molecule has 0 amide bonds. The lowest BCUT2D eigenvalue weighted by atomic mass is 9.70. The van der Waals surface area contributed by atoms with E-state index in [9.17, 15) is 0 Å². The molecule has 1 aliphatic carbocycles. The Hall–Kier alpha value is -0.0452. The molecule has 4 saturated heterocycles. The summed E-state index contributed by atoms with van der Waals surface area (Å²) in [5.74, 6) is 0. The molecule has 0 spiro atoms. The van der Waals surface area contributed by atoms with Crippen molar-refractivity contribution in [1.82, 2.24) is 0 Å². The lowest BCUT2D eigenvalue weighted by molar-refractivity contribution is -0.226. The molecule has 0 aromatic heterocycles. The molecular weight excluding hydrogens is 345 g/mol. The molecule has 6 bridgehead atoms. The molecule has 5 aliphatic rings. The van der Waals surface area contributed by atoms with E-state index >= 15 is 0 Å². The van der Waals surface area contributed by atoms with Gasteiger partial charge in [-0.3, -0.25) is 0 Å². The van der Waals surface area contributed by atoms with Gasteiger partial charge in [-0.2, -0.15) is 0 Å². The average molecular weight is 378 g/mol. The quantitative estimate of drug-likeness (QED) is 0.575. The van der Waals surface area contributed by atoms with E-state index in [-0.39, 0.29) is 58.0 Å². The molecule has 0 unspecified atom stereocenters. The molecule has 6 nitrogen and oxygen atoms in total. The third-order valence-electron chi connectivity index (χ3n) is 6.18. The molecule has 0 N–H and O–H groups in total. The number of unbranched alkanes of at least 4 members (excludes halogenated alkanes) is 3. The standard InChI is InChI=1S/C18H33B3O6/c1-4-7-10-19-22-13-15-18-16(25-20(24-15)11-8-5-2)14(23-19)17(13)26-21(27-18)12-9-6-3/h13-18H,4-12H2,1-3H3. The van der Waals surface area contributed by atoms with E-state index in [0.29, 0.717) is 0 Å². The molecule has 27 heavy (non-hydrogen) atoms. The maximum absolute atomic E-state index is 6.36. The molecule has 0 radical (unpaired) electrons. The smallest absolute Gasteiger partial charge is 0.403 e. The van der Waals surface area contributed by atoms with Crippen molar-refractivity contribution in [2.75, 3.05) is 0 Å². The molecule has 5 rings (SSSR count). The number of rotatable bonds is 9. The highest BCUT2D eigenvalue weighted by Crippen LogP contribution is 2.44. The van der Waals surface area contributed by atoms with E-state index in [2.05, 4.69) is 20.8 Å². The summed E-state index contributed by atoms with van der Waals surface area (Å²) in [5, 5.41) is 0. The van der Waals surface area contributed by atoms with Crippen LogP contribution in [0.2, 0.25) is 19.0 Å². The summed E-state index contributed by atoms with van der Waals surface area (Å²) in [7, 11) is -0.617. The topological polar surface area (TPSA) is 55.4 Å². The lowest BCUT2D eigenvalue weighted by Crippen LogP contribution is -2.74. The number of hydrogen-bond donors (Lipinski definition) is 0. The van der Waals surface area contributed by atoms with Gasteiger partial charge in [0.05, 0.1) is 36.6 Å². The third-order valence-corrected chi connectivity index (χ3v) is 6.18. The zero-order valence-electron chi connectivity index (χ0n) is 17.0. The SMILES string of the molecule is CCCCB1OC2C3OB(CCCC)OC4C2OB(CCCC)OC4C3O1. The van der Waals surface area contributed by atoms with Gasteiger partial charge in [0.2, 0.25) is 0 Å². The van der Waals surface area contributed by atoms with Crippen molar-refractivity contribution in [2.45, 2.75) is 115 Å². The molecule has 0 aromatic rings. The fourth-order valence-corrected chi connectivity index (χ4v) is 4.72. The Bertz CT molecular complexity index is 424. The summed E-state index contributed by atoms with van der Waals surface area (Å²) < 4.78 is 38.1. The summed E-state index contributed by atoms with van der Waals surface area (Å²) in [5.41, 5.74) is 0. The van der Waals surface area contributed by atoms with E-state index in [1.807, 2.05) is 0 Å². The van der Waals surface area contributed by atoms with Crippen LogP contribution in [-0.4, -0.2) is 58.0 Å². The number of fused-ring (bicyclic) bond motifs is 2. The van der Waals surface area contributed by atoms with E-state index in [1.54, 1.807) is 0 Å². The molecular formula is C18H33B3O6. The zero-order chi connectivity index (χ0) is 18.8. The van der Waals surface area contributed by atoms with E-state index in [0.717, 1.165) is 57.5 Å². The largest absolute Gasteiger partial charge is 0.457 e. The average Bonchev–Trinajstić information content (AvgIpc) is 2.94. The van der Waals surface area contributed by atoms with Gasteiger partial charge in [-0.25, -0.2) is 0 Å². The van der Waals surface area contributed by atoms with Crippen molar-refractivity contribution in [1.29, 1.82) is 0 Å². The van der Waals surface area contributed by atoms with Crippen LogP contribution in [0.15, 0.2) is 0 Å². The van der Waals surface area contributed by atoms with Gasteiger partial charge in [-0.05, 0) is 19.0 Å². The predicted molar refractivity (Wildman–Crippen MR) is 106 cm³/mol. The lowest BCUT2D eigenvalue weighted by Gasteiger charge is -2.55. The van der Waals surface area contributed by atoms with E-state index < -0.39 is 0 Å². The molecule has 1 saturated carbocycles. The van der Waals surface area contributed by atoms with Crippen molar-refractivity contribution < 1.29 is 27.9 Å². The minimum Gasteiger partial charge on any atom is -0.403 e. The van der Waals surface area contributed by atoms with E-state index in [1.165, 1.54) is 0 Å². The second-order valence-corrected chi connectivity index (χ2v) is 8.32. The summed E-state index contributed by atoms with van der Waals surface area (Å²) in [6, 6.07) is 0. The van der Waals surface area contributed by atoms with Crippen LogP contribution in [0.4, 0.5) is 0 Å². The highest BCUT2D eigenvalue weighted by Gasteiger charge is 2.64. The first-order chi connectivity index (χ1) is 13.2. The highest BCUT2D eigenvalue weighted by atomic mass is 16.7. The summed E-state index contributed by atoms with van der Waals surface area (Å²) >= 11 is 0. The van der Waals surface area contributed by atoms with Gasteiger partial charge in [-0.1, -0.05) is 59.3 Å². The second kappa shape index (κ2) is 9.18. The van der Waals surface area contributed by atoms with Crippen molar-refractivity contribution in [3.8, 4) is 0 Å². The first-order valence-electron chi connectivity index (χ1n) is 11.2. The molecule has 150 valence electrons. The zero-order valence-corrected chi connectivity index (χ0v) is 17.0. The predicted octanol–water partition coefficient (Wildman–Crippen LogP) is 3.22. The second-order valence-electron chi connectivity index (χ2n) is 8.32. The van der Waals surface area contributed by atoms with Gasteiger partial charge < -0.3 is 27.9 Å². The third kappa shape index (κ3) is 4.14. The Labute approximate surface area is 164 Å². The Kier molecular flexibility index (Phi) is 6.88. The minimum atomic E-state index is -0.223.